The summed E-state index contributed by atoms with van der Waals surface area (Å²) in [5.41, 5.74) is 2.34. The third kappa shape index (κ3) is 5.58. The topological polar surface area (TPSA) is 99.8 Å². The van der Waals surface area contributed by atoms with E-state index >= 15 is 0 Å². The lowest BCUT2D eigenvalue weighted by Gasteiger charge is -2.35. The van der Waals surface area contributed by atoms with E-state index in [9.17, 15) is 14.4 Å². The highest BCUT2D eigenvalue weighted by Crippen LogP contribution is 2.32. The summed E-state index contributed by atoms with van der Waals surface area (Å²) in [6.45, 7) is 4.14. The van der Waals surface area contributed by atoms with E-state index in [1.165, 1.54) is 18.1 Å². The van der Waals surface area contributed by atoms with Crippen molar-refractivity contribution in [3.8, 4) is 0 Å². The molecule has 3 N–H and O–H groups in total. The predicted octanol–water partition coefficient (Wildman–Crippen LogP) is 5.56. The Balaban J connectivity index is 1.86. The summed E-state index contributed by atoms with van der Waals surface area (Å²) in [7, 11) is 1.30. The van der Waals surface area contributed by atoms with Gasteiger partial charge in [0.1, 0.15) is 0 Å². The summed E-state index contributed by atoms with van der Waals surface area (Å²) in [5.74, 6) is -0.535. The molecular formula is C23H24Cl2N4O4. The summed E-state index contributed by atoms with van der Waals surface area (Å²) >= 11 is 12.0. The molecule has 0 aliphatic carbocycles. The van der Waals surface area contributed by atoms with Gasteiger partial charge in [-0.15, -0.1) is 0 Å². The minimum atomic E-state index is -0.728. The molecule has 1 aliphatic rings. The van der Waals surface area contributed by atoms with Crippen LogP contribution in [0.3, 0.4) is 0 Å². The number of carbonyl (C=O) groups excluding carboxylic acids is 3. The normalized spacial score (nSPS) is 15.7. The van der Waals surface area contributed by atoms with Gasteiger partial charge in [-0.25, -0.2) is 14.4 Å². The number of urea groups is 2. The first kappa shape index (κ1) is 24.4. The monoisotopic (exact) mass is 490 g/mol. The van der Waals surface area contributed by atoms with Crippen LogP contribution in [0.5, 0.6) is 0 Å². The van der Waals surface area contributed by atoms with Gasteiger partial charge in [0.05, 0.1) is 29.4 Å². The molecule has 0 unspecified atom stereocenters. The molecule has 33 heavy (non-hydrogen) atoms. The maximum atomic E-state index is 12.7. The Morgan fingerprint density at radius 1 is 1.15 bits per heavy atom. The Kier molecular flexibility index (Phi) is 7.84. The fourth-order valence-electron chi connectivity index (χ4n) is 3.57. The Hall–Kier alpha value is -3.23. The van der Waals surface area contributed by atoms with E-state index in [0.717, 1.165) is 6.42 Å². The van der Waals surface area contributed by atoms with Gasteiger partial charge in [0, 0.05) is 23.0 Å². The highest BCUT2D eigenvalue weighted by Gasteiger charge is 2.36. The average Bonchev–Trinajstić information content (AvgIpc) is 2.78. The molecule has 1 atom stereocenters. The van der Waals surface area contributed by atoms with Crippen molar-refractivity contribution >= 4 is 52.6 Å². The van der Waals surface area contributed by atoms with E-state index in [1.807, 2.05) is 6.92 Å². The highest BCUT2D eigenvalue weighted by atomic mass is 35.5. The number of allylic oxidation sites excluding steroid dienone is 1. The molecule has 1 aliphatic heterocycles. The zero-order valence-corrected chi connectivity index (χ0v) is 19.9. The van der Waals surface area contributed by atoms with E-state index in [4.69, 9.17) is 27.9 Å². The van der Waals surface area contributed by atoms with Gasteiger partial charge >= 0.3 is 18.0 Å². The second-order valence-corrected chi connectivity index (χ2v) is 8.20. The largest absolute Gasteiger partial charge is 0.466 e. The first-order chi connectivity index (χ1) is 15.7. The Morgan fingerprint density at radius 3 is 2.58 bits per heavy atom. The molecule has 3 rings (SSSR count). The molecule has 10 heteroatoms. The molecular weight excluding hydrogens is 467 g/mol. The van der Waals surface area contributed by atoms with Crippen molar-refractivity contribution in [2.75, 3.05) is 24.3 Å². The Labute approximate surface area is 201 Å². The number of amides is 4. The minimum absolute atomic E-state index is 0.302. The first-order valence-corrected chi connectivity index (χ1v) is 11.0. The number of nitrogens with one attached hydrogen (secondary N) is 3. The second kappa shape index (κ2) is 10.6. The Morgan fingerprint density at radius 2 is 1.91 bits per heavy atom. The van der Waals surface area contributed by atoms with Crippen molar-refractivity contribution in [3.05, 3.63) is 69.3 Å². The average molecular weight is 491 g/mol. The molecule has 1 heterocycles. The number of ether oxygens (including phenoxy) is 1. The van der Waals surface area contributed by atoms with E-state index in [2.05, 4.69) is 16.0 Å². The van der Waals surface area contributed by atoms with Crippen molar-refractivity contribution in [1.29, 1.82) is 0 Å². The van der Waals surface area contributed by atoms with Crippen LogP contribution >= 0.6 is 23.2 Å². The lowest BCUT2D eigenvalue weighted by atomic mass is 9.94. The van der Waals surface area contributed by atoms with Crippen LogP contribution in [-0.4, -0.2) is 36.6 Å². The van der Waals surface area contributed by atoms with Gasteiger partial charge in [0.15, 0.2) is 0 Å². The molecule has 0 saturated carbocycles. The number of benzene rings is 2. The number of hydrogen-bond acceptors (Lipinski definition) is 4. The number of anilines is 2. The van der Waals surface area contributed by atoms with Gasteiger partial charge in [-0.1, -0.05) is 42.3 Å². The van der Waals surface area contributed by atoms with Gasteiger partial charge in [-0.2, -0.15) is 0 Å². The van der Waals surface area contributed by atoms with Crippen LogP contribution in [0.1, 0.15) is 31.9 Å². The Bertz CT molecular complexity index is 1120. The summed E-state index contributed by atoms with van der Waals surface area (Å²) in [6.07, 6.45) is 0.732. The lowest BCUT2D eigenvalue weighted by molar-refractivity contribution is -0.136. The molecule has 2 aromatic carbocycles. The minimum Gasteiger partial charge on any atom is -0.466 e. The maximum Gasteiger partial charge on any atom is 0.337 e. The summed E-state index contributed by atoms with van der Waals surface area (Å²) < 4.78 is 4.98. The molecule has 8 nitrogen and oxygen atoms in total. The predicted molar refractivity (Wildman–Crippen MR) is 129 cm³/mol. The summed E-state index contributed by atoms with van der Waals surface area (Å²) in [5, 5.41) is 9.00. The van der Waals surface area contributed by atoms with Crippen molar-refractivity contribution in [1.82, 2.24) is 10.2 Å². The molecule has 2 aromatic rings. The summed E-state index contributed by atoms with van der Waals surface area (Å²) in [6, 6.07) is 10.0. The van der Waals surface area contributed by atoms with Crippen molar-refractivity contribution < 1.29 is 19.1 Å². The molecule has 0 aromatic heterocycles. The van der Waals surface area contributed by atoms with Crippen LogP contribution < -0.4 is 16.0 Å². The standard InChI is InChI=1S/C23H24Cl2N4O4/c1-4-10-29-13(2)19(21(30)33-3)20(28-23(29)32)14-6-5-7-16(11-14)26-22(31)27-18-9-8-15(24)12-17(18)25/h5-9,11-12,20H,4,10H2,1-3H3,(H,28,32)(H2,26,27,31)/t20-/m1/s1. The number of methoxy groups -OCH3 is 1. The van der Waals surface area contributed by atoms with Crippen molar-refractivity contribution in [3.63, 3.8) is 0 Å². The first-order valence-electron chi connectivity index (χ1n) is 10.2. The van der Waals surface area contributed by atoms with E-state index < -0.39 is 18.0 Å². The maximum absolute atomic E-state index is 12.7. The molecule has 0 bridgehead atoms. The van der Waals surface area contributed by atoms with Crippen LogP contribution in [0.2, 0.25) is 10.0 Å². The second-order valence-electron chi connectivity index (χ2n) is 7.35. The number of hydrogen-bond donors (Lipinski definition) is 3. The molecule has 174 valence electrons. The number of halogens is 2. The lowest BCUT2D eigenvalue weighted by Crippen LogP contribution is -2.48. The smallest absolute Gasteiger partial charge is 0.337 e. The number of esters is 1. The molecule has 0 spiro atoms. The quantitative estimate of drug-likeness (QED) is 0.461. The fourth-order valence-corrected chi connectivity index (χ4v) is 4.03. The van der Waals surface area contributed by atoms with E-state index in [0.29, 0.717) is 44.8 Å². The van der Waals surface area contributed by atoms with Crippen LogP contribution in [-0.2, 0) is 9.53 Å². The zero-order chi connectivity index (χ0) is 24.1. The fraction of sp³-hybridized carbons (Fsp3) is 0.261. The highest BCUT2D eigenvalue weighted by molar-refractivity contribution is 6.36. The van der Waals surface area contributed by atoms with Gasteiger partial charge in [0.25, 0.3) is 0 Å². The number of nitrogens with zero attached hydrogens (tertiary/aromatic N) is 1. The van der Waals surface area contributed by atoms with E-state index in [-0.39, 0.29) is 6.03 Å². The zero-order valence-electron chi connectivity index (χ0n) is 18.4. The van der Waals surface area contributed by atoms with Crippen LogP contribution in [0.4, 0.5) is 21.0 Å². The molecule has 0 fully saturated rings. The van der Waals surface area contributed by atoms with Gasteiger partial charge in [-0.05, 0) is 49.2 Å². The van der Waals surface area contributed by atoms with Crippen molar-refractivity contribution in [2.24, 2.45) is 0 Å². The summed E-state index contributed by atoms with van der Waals surface area (Å²) in [4.78, 5) is 39.3. The van der Waals surface area contributed by atoms with Gasteiger partial charge < -0.3 is 20.7 Å². The molecule has 0 saturated heterocycles. The molecule has 4 amide bonds. The van der Waals surface area contributed by atoms with Crippen LogP contribution in [0.15, 0.2) is 53.7 Å². The van der Waals surface area contributed by atoms with Gasteiger partial charge in [-0.3, -0.25) is 4.90 Å². The third-order valence-electron chi connectivity index (χ3n) is 5.11. The van der Waals surface area contributed by atoms with E-state index in [1.54, 1.807) is 43.3 Å². The molecule has 0 radical (unpaired) electrons. The van der Waals surface area contributed by atoms with Gasteiger partial charge in [0.2, 0.25) is 0 Å². The number of carbonyl (C=O) groups is 3. The number of rotatable bonds is 6. The SMILES string of the molecule is CCCN1C(=O)N[C@H](c2cccc(NC(=O)Nc3ccc(Cl)cc3Cl)c2)C(C(=O)OC)=C1C. The van der Waals surface area contributed by atoms with Crippen LogP contribution in [0, 0.1) is 0 Å². The third-order valence-corrected chi connectivity index (χ3v) is 5.65. The van der Waals surface area contributed by atoms with Crippen LogP contribution in [0.25, 0.3) is 0 Å². The van der Waals surface area contributed by atoms with Crippen molar-refractivity contribution in [2.45, 2.75) is 26.3 Å².